The number of benzene rings is 1. The van der Waals surface area contributed by atoms with Gasteiger partial charge in [-0.3, -0.25) is 0 Å². The number of halogens is 1. The normalized spacial score (nSPS) is 12.6. The van der Waals surface area contributed by atoms with Crippen molar-refractivity contribution in [2.75, 3.05) is 0 Å². The second-order valence-corrected chi connectivity index (χ2v) is 4.72. The van der Waals surface area contributed by atoms with E-state index in [0.717, 1.165) is 24.9 Å². The number of aliphatic hydroxyl groups is 1. The average Bonchev–Trinajstić information content (AvgIpc) is 2.84. The molecule has 1 atom stereocenters. The van der Waals surface area contributed by atoms with Crippen LogP contribution in [0.3, 0.4) is 0 Å². The van der Waals surface area contributed by atoms with Gasteiger partial charge >= 0.3 is 0 Å². The van der Waals surface area contributed by atoms with E-state index in [2.05, 4.69) is 11.9 Å². The third-order valence-corrected chi connectivity index (χ3v) is 3.18. The standard InChI is InChI=1S/C14H17ClN2O/c1-2-3-9-17-10-8-16-14(17)13(18)11-4-6-12(15)7-5-11/h4-8,10,13,18H,2-3,9H2,1H3. The van der Waals surface area contributed by atoms with Crippen molar-refractivity contribution >= 4 is 11.6 Å². The van der Waals surface area contributed by atoms with Crippen LogP contribution in [0.5, 0.6) is 0 Å². The highest BCUT2D eigenvalue weighted by molar-refractivity contribution is 6.30. The van der Waals surface area contributed by atoms with E-state index in [9.17, 15) is 5.11 Å². The summed E-state index contributed by atoms with van der Waals surface area (Å²) in [4.78, 5) is 4.25. The Bertz CT molecular complexity index is 493. The van der Waals surface area contributed by atoms with Crippen LogP contribution in [0.2, 0.25) is 5.02 Å². The summed E-state index contributed by atoms with van der Waals surface area (Å²) in [5.41, 5.74) is 0.809. The van der Waals surface area contributed by atoms with Crippen molar-refractivity contribution in [3.05, 3.63) is 53.1 Å². The van der Waals surface area contributed by atoms with E-state index in [1.165, 1.54) is 0 Å². The minimum absolute atomic E-state index is 0.667. The Hall–Kier alpha value is -1.32. The smallest absolute Gasteiger partial charge is 0.142 e. The number of aliphatic hydroxyl groups excluding tert-OH is 1. The molecule has 0 aliphatic heterocycles. The maximum Gasteiger partial charge on any atom is 0.142 e. The lowest BCUT2D eigenvalue weighted by Crippen LogP contribution is -2.09. The van der Waals surface area contributed by atoms with Crippen molar-refractivity contribution in [2.24, 2.45) is 0 Å². The van der Waals surface area contributed by atoms with Crippen molar-refractivity contribution < 1.29 is 5.11 Å². The molecule has 96 valence electrons. The zero-order valence-electron chi connectivity index (χ0n) is 10.4. The van der Waals surface area contributed by atoms with Gasteiger partial charge in [0.25, 0.3) is 0 Å². The van der Waals surface area contributed by atoms with Gasteiger partial charge in [-0.25, -0.2) is 4.98 Å². The lowest BCUT2D eigenvalue weighted by atomic mass is 10.1. The van der Waals surface area contributed by atoms with Crippen molar-refractivity contribution in [2.45, 2.75) is 32.4 Å². The Balaban J connectivity index is 2.20. The molecule has 0 saturated carbocycles. The van der Waals surface area contributed by atoms with Gasteiger partial charge in [0.2, 0.25) is 0 Å². The van der Waals surface area contributed by atoms with Crippen LogP contribution in [-0.2, 0) is 6.54 Å². The van der Waals surface area contributed by atoms with Crippen LogP contribution in [0, 0.1) is 0 Å². The van der Waals surface area contributed by atoms with Gasteiger partial charge in [-0.15, -0.1) is 0 Å². The lowest BCUT2D eigenvalue weighted by Gasteiger charge is -2.13. The summed E-state index contributed by atoms with van der Waals surface area (Å²) in [5, 5.41) is 11.0. The SMILES string of the molecule is CCCCn1ccnc1C(O)c1ccc(Cl)cc1. The van der Waals surface area contributed by atoms with Crippen LogP contribution in [0.15, 0.2) is 36.7 Å². The first-order chi connectivity index (χ1) is 8.72. The fourth-order valence-corrected chi connectivity index (χ4v) is 2.01. The molecule has 18 heavy (non-hydrogen) atoms. The number of hydrogen-bond acceptors (Lipinski definition) is 2. The van der Waals surface area contributed by atoms with Gasteiger partial charge in [0.15, 0.2) is 0 Å². The second-order valence-electron chi connectivity index (χ2n) is 4.29. The average molecular weight is 265 g/mol. The first-order valence-corrected chi connectivity index (χ1v) is 6.54. The highest BCUT2D eigenvalue weighted by Gasteiger charge is 2.15. The number of aromatic nitrogens is 2. The molecule has 0 radical (unpaired) electrons. The highest BCUT2D eigenvalue weighted by atomic mass is 35.5. The van der Waals surface area contributed by atoms with Crippen LogP contribution in [0.4, 0.5) is 0 Å². The van der Waals surface area contributed by atoms with Crippen molar-refractivity contribution in [1.29, 1.82) is 0 Å². The molecule has 1 aromatic carbocycles. The lowest BCUT2D eigenvalue weighted by molar-refractivity contribution is 0.204. The first-order valence-electron chi connectivity index (χ1n) is 6.17. The summed E-state index contributed by atoms with van der Waals surface area (Å²) in [6.45, 7) is 3.03. The van der Waals surface area contributed by atoms with E-state index in [1.807, 2.05) is 22.9 Å². The summed E-state index contributed by atoms with van der Waals surface area (Å²) >= 11 is 5.84. The van der Waals surface area contributed by atoms with E-state index in [1.54, 1.807) is 18.3 Å². The van der Waals surface area contributed by atoms with Gasteiger partial charge in [0.05, 0.1) is 0 Å². The topological polar surface area (TPSA) is 38.0 Å². The Kier molecular flexibility index (Phi) is 4.39. The molecule has 0 saturated heterocycles. The van der Waals surface area contributed by atoms with E-state index in [-0.39, 0.29) is 0 Å². The molecule has 0 spiro atoms. The molecule has 0 amide bonds. The molecule has 1 aromatic heterocycles. The fraction of sp³-hybridized carbons (Fsp3) is 0.357. The molecule has 1 N–H and O–H groups in total. The molecule has 1 unspecified atom stereocenters. The van der Waals surface area contributed by atoms with Gasteiger partial charge < -0.3 is 9.67 Å². The highest BCUT2D eigenvalue weighted by Crippen LogP contribution is 2.22. The minimum Gasteiger partial charge on any atom is -0.380 e. The zero-order valence-corrected chi connectivity index (χ0v) is 11.1. The van der Waals surface area contributed by atoms with Crippen molar-refractivity contribution in [3.8, 4) is 0 Å². The molecule has 1 heterocycles. The second kappa shape index (κ2) is 6.03. The van der Waals surface area contributed by atoms with Crippen LogP contribution in [0.25, 0.3) is 0 Å². The molecule has 0 aliphatic rings. The number of nitrogens with zero attached hydrogens (tertiary/aromatic N) is 2. The molecule has 2 rings (SSSR count). The van der Waals surface area contributed by atoms with E-state index in [4.69, 9.17) is 11.6 Å². The predicted molar refractivity (Wildman–Crippen MR) is 72.6 cm³/mol. The van der Waals surface area contributed by atoms with Gasteiger partial charge in [-0.05, 0) is 24.1 Å². The van der Waals surface area contributed by atoms with Crippen LogP contribution >= 0.6 is 11.6 Å². The molecule has 4 heteroatoms. The third kappa shape index (κ3) is 2.92. The van der Waals surface area contributed by atoms with Gasteiger partial charge in [0, 0.05) is 24.0 Å². The maximum atomic E-state index is 10.3. The largest absolute Gasteiger partial charge is 0.380 e. The van der Waals surface area contributed by atoms with Gasteiger partial charge in [-0.1, -0.05) is 37.1 Å². The van der Waals surface area contributed by atoms with Crippen LogP contribution < -0.4 is 0 Å². The number of rotatable bonds is 5. The number of unbranched alkanes of at least 4 members (excludes halogenated alkanes) is 1. The Morgan fingerprint density at radius 2 is 2.06 bits per heavy atom. The molecule has 0 fully saturated rings. The van der Waals surface area contributed by atoms with Gasteiger partial charge in [-0.2, -0.15) is 0 Å². The molecule has 0 aliphatic carbocycles. The molecule has 0 bridgehead atoms. The number of aryl methyl sites for hydroxylation is 1. The first kappa shape index (κ1) is 13.1. The minimum atomic E-state index is -0.700. The molecule has 2 aromatic rings. The summed E-state index contributed by atoms with van der Waals surface area (Å²) in [7, 11) is 0. The van der Waals surface area contributed by atoms with E-state index in [0.29, 0.717) is 10.8 Å². The molecular weight excluding hydrogens is 248 g/mol. The van der Waals surface area contributed by atoms with E-state index >= 15 is 0 Å². The third-order valence-electron chi connectivity index (χ3n) is 2.93. The quantitative estimate of drug-likeness (QED) is 0.899. The Morgan fingerprint density at radius 1 is 1.33 bits per heavy atom. The zero-order chi connectivity index (χ0) is 13.0. The summed E-state index contributed by atoms with van der Waals surface area (Å²) in [5.74, 6) is 0.686. The summed E-state index contributed by atoms with van der Waals surface area (Å²) < 4.78 is 2.00. The molecule has 3 nitrogen and oxygen atoms in total. The van der Waals surface area contributed by atoms with Crippen molar-refractivity contribution in [3.63, 3.8) is 0 Å². The number of imidazole rings is 1. The Labute approximate surface area is 112 Å². The van der Waals surface area contributed by atoms with Gasteiger partial charge in [0.1, 0.15) is 11.9 Å². The van der Waals surface area contributed by atoms with Crippen LogP contribution in [-0.4, -0.2) is 14.7 Å². The van der Waals surface area contributed by atoms with Crippen molar-refractivity contribution in [1.82, 2.24) is 9.55 Å². The fourth-order valence-electron chi connectivity index (χ4n) is 1.88. The number of hydrogen-bond donors (Lipinski definition) is 1. The maximum absolute atomic E-state index is 10.3. The van der Waals surface area contributed by atoms with Crippen LogP contribution in [0.1, 0.15) is 37.3 Å². The summed E-state index contributed by atoms with van der Waals surface area (Å²) in [6.07, 6.45) is 5.13. The molecular formula is C14H17ClN2O. The predicted octanol–water partition coefficient (Wildman–Crippen LogP) is 3.42. The summed E-state index contributed by atoms with van der Waals surface area (Å²) in [6, 6.07) is 7.20. The monoisotopic (exact) mass is 264 g/mol. The van der Waals surface area contributed by atoms with E-state index < -0.39 is 6.10 Å². The Morgan fingerprint density at radius 3 is 2.72 bits per heavy atom.